The Balaban J connectivity index is 1.53. The fraction of sp³-hybridized carbons (Fsp3) is 0.304. The second-order valence-corrected chi connectivity index (χ2v) is 8.16. The van der Waals surface area contributed by atoms with E-state index in [4.69, 9.17) is 11.6 Å². The molecule has 30 heavy (non-hydrogen) atoms. The van der Waals surface area contributed by atoms with Crippen LogP contribution in [0.4, 0.5) is 5.82 Å². The molecule has 0 bridgehead atoms. The molecule has 1 fully saturated rings. The molecule has 1 saturated heterocycles. The fourth-order valence-electron chi connectivity index (χ4n) is 4.40. The van der Waals surface area contributed by atoms with Gasteiger partial charge in [-0.3, -0.25) is 14.5 Å². The molecule has 7 heteroatoms. The zero-order valence-electron chi connectivity index (χ0n) is 16.4. The third kappa shape index (κ3) is 3.31. The standard InChI is InChI=1S/C23H21ClN4O2/c24-19-10-8-15-9-11-20(26-22(15)25-19)28-18(14-21(29)27-12-4-1-5-13-27)16-6-2-3-7-17(16)23(28)30/h2-3,6-11,18H,1,4-5,12-14H2. The van der Waals surface area contributed by atoms with Crippen molar-refractivity contribution in [3.63, 3.8) is 0 Å². The summed E-state index contributed by atoms with van der Waals surface area (Å²) >= 11 is 6.03. The highest BCUT2D eigenvalue weighted by Crippen LogP contribution is 2.39. The molecule has 2 aromatic heterocycles. The van der Waals surface area contributed by atoms with Gasteiger partial charge in [0.1, 0.15) is 11.0 Å². The van der Waals surface area contributed by atoms with Crippen LogP contribution in [0.15, 0.2) is 48.5 Å². The summed E-state index contributed by atoms with van der Waals surface area (Å²) in [6.07, 6.45) is 3.48. The first kappa shape index (κ1) is 19.0. The van der Waals surface area contributed by atoms with Crippen LogP contribution < -0.4 is 4.90 Å². The van der Waals surface area contributed by atoms with Gasteiger partial charge in [0, 0.05) is 24.0 Å². The Morgan fingerprint density at radius 1 is 1.00 bits per heavy atom. The number of carbonyl (C=O) groups is 2. The monoisotopic (exact) mass is 420 g/mol. The number of nitrogens with zero attached hydrogens (tertiary/aromatic N) is 4. The molecule has 3 aromatic rings. The van der Waals surface area contributed by atoms with Crippen LogP contribution in [0.3, 0.4) is 0 Å². The summed E-state index contributed by atoms with van der Waals surface area (Å²) < 4.78 is 0. The Kier molecular flexibility index (Phi) is 4.87. The van der Waals surface area contributed by atoms with E-state index in [1.54, 1.807) is 17.0 Å². The molecule has 2 amide bonds. The number of pyridine rings is 2. The molecule has 2 aliphatic heterocycles. The second-order valence-electron chi connectivity index (χ2n) is 7.77. The molecule has 0 saturated carbocycles. The van der Waals surface area contributed by atoms with Crippen molar-refractivity contribution in [1.82, 2.24) is 14.9 Å². The van der Waals surface area contributed by atoms with Crippen LogP contribution in [0.5, 0.6) is 0 Å². The number of likely N-dealkylation sites (tertiary alicyclic amines) is 1. The van der Waals surface area contributed by atoms with E-state index in [9.17, 15) is 9.59 Å². The highest BCUT2D eigenvalue weighted by Gasteiger charge is 2.40. The lowest BCUT2D eigenvalue weighted by atomic mass is 10.0. The largest absolute Gasteiger partial charge is 0.343 e. The van der Waals surface area contributed by atoms with Gasteiger partial charge in [-0.2, -0.15) is 0 Å². The molecule has 0 aliphatic carbocycles. The molecule has 5 rings (SSSR count). The van der Waals surface area contributed by atoms with Gasteiger partial charge in [-0.25, -0.2) is 9.97 Å². The van der Waals surface area contributed by atoms with Crippen molar-refractivity contribution in [3.05, 3.63) is 64.8 Å². The summed E-state index contributed by atoms with van der Waals surface area (Å²) in [5.74, 6) is 0.419. The molecule has 6 nitrogen and oxygen atoms in total. The average molecular weight is 421 g/mol. The number of benzene rings is 1. The van der Waals surface area contributed by atoms with Gasteiger partial charge in [-0.1, -0.05) is 29.8 Å². The first-order chi connectivity index (χ1) is 14.6. The van der Waals surface area contributed by atoms with E-state index in [1.807, 2.05) is 41.3 Å². The Labute approximate surface area is 179 Å². The quantitative estimate of drug-likeness (QED) is 0.589. The smallest absolute Gasteiger partial charge is 0.260 e. The summed E-state index contributed by atoms with van der Waals surface area (Å²) in [6, 6.07) is 14.3. The summed E-state index contributed by atoms with van der Waals surface area (Å²) in [5, 5.41) is 1.19. The molecular weight excluding hydrogens is 400 g/mol. The van der Waals surface area contributed by atoms with Crippen LogP contribution in [-0.2, 0) is 4.79 Å². The number of hydrogen-bond acceptors (Lipinski definition) is 4. The number of rotatable bonds is 3. The second kappa shape index (κ2) is 7.69. The van der Waals surface area contributed by atoms with E-state index >= 15 is 0 Å². The Hall–Kier alpha value is -2.99. The molecule has 0 radical (unpaired) electrons. The minimum absolute atomic E-state index is 0.0798. The lowest BCUT2D eigenvalue weighted by Gasteiger charge is -2.30. The number of hydrogen-bond donors (Lipinski definition) is 0. The highest BCUT2D eigenvalue weighted by molar-refractivity contribution is 6.29. The summed E-state index contributed by atoms with van der Waals surface area (Å²) in [6.45, 7) is 1.58. The van der Waals surface area contributed by atoms with E-state index in [2.05, 4.69) is 9.97 Å². The van der Waals surface area contributed by atoms with Crippen LogP contribution in [0.1, 0.15) is 47.6 Å². The topological polar surface area (TPSA) is 66.4 Å². The summed E-state index contributed by atoms with van der Waals surface area (Å²) in [4.78, 5) is 38.8. The number of carbonyl (C=O) groups excluding carboxylic acids is 2. The van der Waals surface area contributed by atoms with E-state index in [-0.39, 0.29) is 24.3 Å². The van der Waals surface area contributed by atoms with Crippen LogP contribution >= 0.6 is 11.6 Å². The molecule has 4 heterocycles. The van der Waals surface area contributed by atoms with Crippen molar-refractivity contribution >= 4 is 40.3 Å². The third-order valence-electron chi connectivity index (χ3n) is 5.91. The molecule has 0 spiro atoms. The first-order valence-corrected chi connectivity index (χ1v) is 10.6. The van der Waals surface area contributed by atoms with Crippen LogP contribution in [-0.4, -0.2) is 39.8 Å². The number of anilines is 1. The van der Waals surface area contributed by atoms with E-state index in [0.29, 0.717) is 22.2 Å². The van der Waals surface area contributed by atoms with Crippen molar-refractivity contribution in [2.24, 2.45) is 0 Å². The molecule has 2 aliphatic rings. The van der Waals surface area contributed by atoms with E-state index < -0.39 is 0 Å². The highest BCUT2D eigenvalue weighted by atomic mass is 35.5. The zero-order valence-corrected chi connectivity index (χ0v) is 17.2. The van der Waals surface area contributed by atoms with Gasteiger partial charge < -0.3 is 4.90 Å². The minimum Gasteiger partial charge on any atom is -0.343 e. The molecular formula is C23H21ClN4O2. The van der Waals surface area contributed by atoms with E-state index in [0.717, 1.165) is 43.3 Å². The number of fused-ring (bicyclic) bond motifs is 2. The number of aromatic nitrogens is 2. The molecule has 0 N–H and O–H groups in total. The van der Waals surface area contributed by atoms with Crippen molar-refractivity contribution < 1.29 is 9.59 Å². The fourth-order valence-corrected chi connectivity index (χ4v) is 4.54. The molecule has 1 unspecified atom stereocenters. The molecule has 1 aromatic carbocycles. The van der Waals surface area contributed by atoms with Crippen molar-refractivity contribution in [1.29, 1.82) is 0 Å². The van der Waals surface area contributed by atoms with Crippen molar-refractivity contribution in [3.8, 4) is 0 Å². The lowest BCUT2D eigenvalue weighted by Crippen LogP contribution is -2.38. The van der Waals surface area contributed by atoms with Gasteiger partial charge in [0.15, 0.2) is 5.65 Å². The minimum atomic E-state index is -0.382. The maximum atomic E-state index is 13.3. The van der Waals surface area contributed by atoms with Gasteiger partial charge in [-0.15, -0.1) is 0 Å². The maximum Gasteiger partial charge on any atom is 0.260 e. The number of halogens is 1. The Bertz CT molecular complexity index is 1140. The first-order valence-electron chi connectivity index (χ1n) is 10.3. The van der Waals surface area contributed by atoms with Crippen molar-refractivity contribution in [2.45, 2.75) is 31.7 Å². The SMILES string of the molecule is O=C(CC1c2ccccc2C(=O)N1c1ccc2ccc(Cl)nc2n1)N1CCCCC1. The lowest BCUT2D eigenvalue weighted by molar-refractivity contribution is -0.132. The van der Waals surface area contributed by atoms with Crippen LogP contribution in [0.2, 0.25) is 5.15 Å². The Morgan fingerprint density at radius 3 is 2.60 bits per heavy atom. The molecule has 152 valence electrons. The molecule has 1 atom stereocenters. The van der Waals surface area contributed by atoms with Gasteiger partial charge in [0.05, 0.1) is 12.5 Å². The van der Waals surface area contributed by atoms with Gasteiger partial charge in [0.25, 0.3) is 5.91 Å². The summed E-state index contributed by atoms with van der Waals surface area (Å²) in [7, 11) is 0. The predicted octanol–water partition coefficient (Wildman–Crippen LogP) is 4.39. The van der Waals surface area contributed by atoms with Gasteiger partial charge in [0.2, 0.25) is 5.91 Å². The Morgan fingerprint density at radius 2 is 1.77 bits per heavy atom. The zero-order chi connectivity index (χ0) is 20.7. The van der Waals surface area contributed by atoms with Crippen LogP contribution in [0.25, 0.3) is 11.0 Å². The predicted molar refractivity (Wildman–Crippen MR) is 116 cm³/mol. The number of amides is 2. The summed E-state index contributed by atoms with van der Waals surface area (Å²) in [5.41, 5.74) is 1.97. The van der Waals surface area contributed by atoms with Crippen LogP contribution in [0, 0.1) is 0 Å². The van der Waals surface area contributed by atoms with Gasteiger partial charge >= 0.3 is 0 Å². The average Bonchev–Trinajstić information content (AvgIpc) is 3.05. The normalized spacial score (nSPS) is 18.7. The third-order valence-corrected chi connectivity index (χ3v) is 6.12. The number of piperidine rings is 1. The van der Waals surface area contributed by atoms with Crippen molar-refractivity contribution in [2.75, 3.05) is 18.0 Å². The van der Waals surface area contributed by atoms with E-state index in [1.165, 1.54) is 0 Å². The van der Waals surface area contributed by atoms with Gasteiger partial charge in [-0.05, 0) is 55.2 Å². The maximum absolute atomic E-state index is 13.3.